The number of piperidine rings is 1. The van der Waals surface area contributed by atoms with Crippen LogP contribution in [-0.2, 0) is 6.42 Å². The van der Waals surface area contributed by atoms with Crippen LogP contribution in [-0.4, -0.2) is 42.6 Å². The number of rotatable bonds is 4. The van der Waals surface area contributed by atoms with E-state index in [2.05, 4.69) is 29.6 Å². The van der Waals surface area contributed by atoms with Crippen LogP contribution in [0.25, 0.3) is 0 Å². The quantitative estimate of drug-likeness (QED) is 0.914. The average molecular weight is 353 g/mol. The molecule has 2 saturated heterocycles. The zero-order valence-electron chi connectivity index (χ0n) is 14.8. The van der Waals surface area contributed by atoms with E-state index < -0.39 is 0 Å². The summed E-state index contributed by atoms with van der Waals surface area (Å²) in [6.07, 6.45) is 2.91. The minimum Gasteiger partial charge on any atom is -0.315 e. The van der Waals surface area contributed by atoms with Gasteiger partial charge in [0.2, 0.25) is 0 Å². The van der Waals surface area contributed by atoms with Gasteiger partial charge >= 0.3 is 6.03 Å². The highest BCUT2D eigenvalue weighted by molar-refractivity contribution is 5.94. The van der Waals surface area contributed by atoms with Crippen molar-refractivity contribution in [3.63, 3.8) is 0 Å². The largest absolute Gasteiger partial charge is 0.325 e. The lowest BCUT2D eigenvalue weighted by atomic mass is 9.82. The third kappa shape index (κ3) is 3.19. The molecule has 2 amide bonds. The first kappa shape index (κ1) is 17.0. The normalized spacial score (nSPS) is 23.5. The maximum atomic E-state index is 13.2. The third-order valence-electron chi connectivity index (χ3n) is 5.55. The molecule has 5 heteroatoms. The summed E-state index contributed by atoms with van der Waals surface area (Å²) in [6, 6.07) is 16.6. The number of carbonyl (C=O) groups excluding carboxylic acids is 1. The summed E-state index contributed by atoms with van der Waals surface area (Å²) < 4.78 is 13.2. The second kappa shape index (κ2) is 7.08. The number of carbonyl (C=O) groups is 1. The Morgan fingerprint density at radius 3 is 2.50 bits per heavy atom. The van der Waals surface area contributed by atoms with Gasteiger partial charge in [0.15, 0.2) is 0 Å². The molecule has 2 heterocycles. The van der Waals surface area contributed by atoms with Gasteiger partial charge in [0, 0.05) is 25.3 Å². The lowest BCUT2D eigenvalue weighted by Gasteiger charge is -2.45. The molecule has 4 rings (SSSR count). The summed E-state index contributed by atoms with van der Waals surface area (Å²) in [6.45, 7) is 3.15. The SMILES string of the molecule is O=C1N(c2ccc(F)cc2)CCN1C1(Cc2ccccc2)CCCNC1. The van der Waals surface area contributed by atoms with Crippen LogP contribution in [0.1, 0.15) is 18.4 Å². The summed E-state index contributed by atoms with van der Waals surface area (Å²) in [5, 5.41) is 3.49. The minimum absolute atomic E-state index is 0.0243. The molecule has 0 bridgehead atoms. The van der Waals surface area contributed by atoms with Crippen molar-refractivity contribution in [2.24, 2.45) is 0 Å². The molecule has 0 saturated carbocycles. The van der Waals surface area contributed by atoms with Gasteiger partial charge in [-0.15, -0.1) is 0 Å². The molecule has 2 fully saturated rings. The first-order valence-electron chi connectivity index (χ1n) is 9.27. The number of amides is 2. The van der Waals surface area contributed by atoms with E-state index in [0.29, 0.717) is 13.1 Å². The molecule has 2 aromatic carbocycles. The van der Waals surface area contributed by atoms with E-state index in [4.69, 9.17) is 0 Å². The van der Waals surface area contributed by atoms with Crippen LogP contribution >= 0.6 is 0 Å². The lowest BCUT2D eigenvalue weighted by Crippen LogP contribution is -2.60. The smallest absolute Gasteiger partial charge is 0.315 e. The fourth-order valence-electron chi connectivity index (χ4n) is 4.24. The predicted molar refractivity (Wildman–Crippen MR) is 101 cm³/mol. The Balaban J connectivity index is 1.60. The molecule has 26 heavy (non-hydrogen) atoms. The van der Waals surface area contributed by atoms with Gasteiger partial charge in [-0.1, -0.05) is 30.3 Å². The standard InChI is InChI=1S/C21H24FN3O/c22-18-7-9-19(10-8-18)24-13-14-25(20(24)26)21(11-4-12-23-16-21)15-17-5-2-1-3-6-17/h1-3,5-10,23H,4,11-16H2. The molecule has 1 atom stereocenters. The molecule has 136 valence electrons. The van der Waals surface area contributed by atoms with Crippen molar-refractivity contribution in [2.45, 2.75) is 24.8 Å². The van der Waals surface area contributed by atoms with Gasteiger partial charge in [0.1, 0.15) is 5.82 Å². The van der Waals surface area contributed by atoms with Crippen molar-refractivity contribution in [1.29, 1.82) is 0 Å². The van der Waals surface area contributed by atoms with Crippen LogP contribution in [0.5, 0.6) is 0 Å². The Morgan fingerprint density at radius 2 is 1.81 bits per heavy atom. The first-order chi connectivity index (χ1) is 12.7. The van der Waals surface area contributed by atoms with E-state index in [0.717, 1.165) is 38.0 Å². The number of halogens is 1. The molecule has 2 aromatic rings. The van der Waals surface area contributed by atoms with Crippen molar-refractivity contribution in [3.05, 3.63) is 66.0 Å². The van der Waals surface area contributed by atoms with E-state index >= 15 is 0 Å². The molecule has 4 nitrogen and oxygen atoms in total. The molecule has 0 aromatic heterocycles. The Bertz CT molecular complexity index is 757. The molecule has 0 radical (unpaired) electrons. The number of benzene rings is 2. The lowest BCUT2D eigenvalue weighted by molar-refractivity contribution is 0.108. The fourth-order valence-corrected chi connectivity index (χ4v) is 4.24. The average Bonchev–Trinajstić information content (AvgIpc) is 3.06. The predicted octanol–water partition coefficient (Wildman–Crippen LogP) is 3.43. The van der Waals surface area contributed by atoms with Crippen molar-refractivity contribution in [2.75, 3.05) is 31.1 Å². The Hall–Kier alpha value is -2.40. The van der Waals surface area contributed by atoms with Crippen LogP contribution in [0.15, 0.2) is 54.6 Å². The Kier molecular flexibility index (Phi) is 4.64. The van der Waals surface area contributed by atoms with E-state index in [9.17, 15) is 9.18 Å². The fraction of sp³-hybridized carbons (Fsp3) is 0.381. The van der Waals surface area contributed by atoms with Crippen LogP contribution in [0.3, 0.4) is 0 Å². The summed E-state index contributed by atoms with van der Waals surface area (Å²) >= 11 is 0. The number of hydrogen-bond acceptors (Lipinski definition) is 2. The summed E-state index contributed by atoms with van der Waals surface area (Å²) in [4.78, 5) is 17.0. The van der Waals surface area contributed by atoms with Crippen molar-refractivity contribution < 1.29 is 9.18 Å². The summed E-state index contributed by atoms with van der Waals surface area (Å²) in [5.41, 5.74) is 1.81. The maximum Gasteiger partial charge on any atom is 0.325 e. The summed E-state index contributed by atoms with van der Waals surface area (Å²) in [5.74, 6) is -0.283. The van der Waals surface area contributed by atoms with Crippen LogP contribution in [0.2, 0.25) is 0 Å². The first-order valence-corrected chi connectivity index (χ1v) is 9.27. The molecule has 0 spiro atoms. The number of urea groups is 1. The van der Waals surface area contributed by atoms with Gasteiger partial charge in [0.05, 0.1) is 5.54 Å². The number of hydrogen-bond donors (Lipinski definition) is 1. The van der Waals surface area contributed by atoms with E-state index in [-0.39, 0.29) is 17.4 Å². The zero-order chi connectivity index (χ0) is 18.0. The Labute approximate surface area is 153 Å². The van der Waals surface area contributed by atoms with Crippen LogP contribution in [0.4, 0.5) is 14.9 Å². The topological polar surface area (TPSA) is 35.6 Å². The molecular formula is C21H24FN3O. The summed E-state index contributed by atoms with van der Waals surface area (Å²) in [7, 11) is 0. The minimum atomic E-state index is -0.283. The van der Waals surface area contributed by atoms with Crippen molar-refractivity contribution >= 4 is 11.7 Å². The molecule has 1 N–H and O–H groups in total. The highest BCUT2D eigenvalue weighted by Gasteiger charge is 2.45. The van der Waals surface area contributed by atoms with Crippen LogP contribution < -0.4 is 10.2 Å². The molecule has 2 aliphatic rings. The van der Waals surface area contributed by atoms with Crippen molar-refractivity contribution in [3.8, 4) is 0 Å². The van der Waals surface area contributed by atoms with Crippen LogP contribution in [0, 0.1) is 5.82 Å². The van der Waals surface area contributed by atoms with Gasteiger partial charge in [-0.05, 0) is 55.6 Å². The highest BCUT2D eigenvalue weighted by atomic mass is 19.1. The third-order valence-corrected chi connectivity index (χ3v) is 5.55. The maximum absolute atomic E-state index is 13.2. The molecule has 0 aliphatic carbocycles. The molecule has 1 unspecified atom stereocenters. The van der Waals surface area contributed by atoms with Gasteiger partial charge < -0.3 is 10.2 Å². The van der Waals surface area contributed by atoms with E-state index in [1.165, 1.54) is 17.7 Å². The van der Waals surface area contributed by atoms with Gasteiger partial charge in [0.25, 0.3) is 0 Å². The second-order valence-corrected chi connectivity index (χ2v) is 7.23. The van der Waals surface area contributed by atoms with E-state index in [1.807, 2.05) is 11.0 Å². The van der Waals surface area contributed by atoms with Crippen molar-refractivity contribution in [1.82, 2.24) is 10.2 Å². The number of nitrogens with one attached hydrogen (secondary N) is 1. The van der Waals surface area contributed by atoms with Gasteiger partial charge in [-0.25, -0.2) is 9.18 Å². The highest BCUT2D eigenvalue weighted by Crippen LogP contribution is 2.33. The van der Waals surface area contributed by atoms with Gasteiger partial charge in [-0.3, -0.25) is 4.90 Å². The Morgan fingerprint density at radius 1 is 1.04 bits per heavy atom. The number of nitrogens with zero attached hydrogens (tertiary/aromatic N) is 2. The molecule has 2 aliphatic heterocycles. The number of anilines is 1. The molecular weight excluding hydrogens is 329 g/mol. The monoisotopic (exact) mass is 353 g/mol. The van der Waals surface area contributed by atoms with Gasteiger partial charge in [-0.2, -0.15) is 0 Å². The van der Waals surface area contributed by atoms with E-state index in [1.54, 1.807) is 17.0 Å². The zero-order valence-corrected chi connectivity index (χ0v) is 14.8. The second-order valence-electron chi connectivity index (χ2n) is 7.23.